The van der Waals surface area contributed by atoms with Crippen LogP contribution < -0.4 is 10.9 Å². The van der Waals surface area contributed by atoms with Crippen LogP contribution in [-0.2, 0) is 0 Å². The number of hydrogen-bond donors (Lipinski definition) is 2. The fourth-order valence-electron chi connectivity index (χ4n) is 0.341. The van der Waals surface area contributed by atoms with Crippen LogP contribution in [0, 0.1) is 0 Å². The molecular weight excluding hydrogens is 109 g/mol. The van der Waals surface area contributed by atoms with Gasteiger partial charge in [-0.3, -0.25) is 5.10 Å². The van der Waals surface area contributed by atoms with Gasteiger partial charge in [0.2, 0.25) is 0 Å². The van der Waals surface area contributed by atoms with E-state index in [2.05, 4.69) is 10.2 Å². The van der Waals surface area contributed by atoms with E-state index < -0.39 is 0 Å². The van der Waals surface area contributed by atoms with Crippen LogP contribution >= 0.6 is 8.73 Å². The van der Waals surface area contributed by atoms with E-state index in [0.717, 1.165) is 5.44 Å². The molecule has 0 saturated carbocycles. The standard InChI is InChI=1S/C3H6N3P/c4-7-3-1-2-5-6-3/h1-2,7H,4H2,(H,5,6). The maximum absolute atomic E-state index is 5.24. The van der Waals surface area contributed by atoms with E-state index in [1.807, 2.05) is 6.07 Å². The molecule has 38 valence electrons. The first-order valence-corrected chi connectivity index (χ1v) is 2.97. The zero-order chi connectivity index (χ0) is 5.11. The summed E-state index contributed by atoms with van der Waals surface area (Å²) in [4.78, 5) is 0. The van der Waals surface area contributed by atoms with Gasteiger partial charge in [0.05, 0.1) is 5.44 Å². The van der Waals surface area contributed by atoms with Crippen molar-refractivity contribution in [2.45, 2.75) is 0 Å². The second-order valence-corrected chi connectivity index (χ2v) is 1.90. The molecule has 4 heteroatoms. The van der Waals surface area contributed by atoms with Gasteiger partial charge in [0.25, 0.3) is 0 Å². The molecular formula is C3H6N3P. The Balaban J connectivity index is 2.76. The molecule has 7 heavy (non-hydrogen) atoms. The number of H-pyrrole nitrogens is 1. The summed E-state index contributed by atoms with van der Waals surface area (Å²) in [5.41, 5.74) is 6.17. The molecule has 0 aliphatic rings. The van der Waals surface area contributed by atoms with Crippen LogP contribution in [0.5, 0.6) is 0 Å². The molecule has 0 radical (unpaired) electrons. The lowest BCUT2D eigenvalue weighted by molar-refractivity contribution is 1.11. The monoisotopic (exact) mass is 115 g/mol. The van der Waals surface area contributed by atoms with Gasteiger partial charge in [-0.15, -0.1) is 0 Å². The Labute approximate surface area is 43.1 Å². The highest BCUT2D eigenvalue weighted by Gasteiger charge is 1.83. The molecule has 1 unspecified atom stereocenters. The summed E-state index contributed by atoms with van der Waals surface area (Å²) in [5.74, 6) is 0. The van der Waals surface area contributed by atoms with Crippen molar-refractivity contribution in [3.05, 3.63) is 12.3 Å². The van der Waals surface area contributed by atoms with Crippen molar-refractivity contribution in [1.29, 1.82) is 0 Å². The minimum Gasteiger partial charge on any atom is -0.307 e. The van der Waals surface area contributed by atoms with Gasteiger partial charge in [-0.05, 0) is 14.8 Å². The van der Waals surface area contributed by atoms with Gasteiger partial charge in [-0.1, -0.05) is 0 Å². The lowest BCUT2D eigenvalue weighted by Gasteiger charge is -1.78. The zero-order valence-corrected chi connectivity index (χ0v) is 4.68. The average molecular weight is 115 g/mol. The van der Waals surface area contributed by atoms with Crippen LogP contribution in [0.2, 0.25) is 0 Å². The summed E-state index contributed by atoms with van der Waals surface area (Å²) < 4.78 is 0. The second kappa shape index (κ2) is 2.05. The van der Waals surface area contributed by atoms with E-state index in [-0.39, 0.29) is 0 Å². The molecule has 1 rings (SSSR count). The largest absolute Gasteiger partial charge is 0.307 e. The van der Waals surface area contributed by atoms with Crippen molar-refractivity contribution in [2.75, 3.05) is 0 Å². The van der Waals surface area contributed by atoms with E-state index in [9.17, 15) is 0 Å². The van der Waals surface area contributed by atoms with E-state index in [1.54, 1.807) is 6.20 Å². The van der Waals surface area contributed by atoms with Gasteiger partial charge >= 0.3 is 0 Å². The quantitative estimate of drug-likeness (QED) is 0.489. The summed E-state index contributed by atoms with van der Waals surface area (Å²) >= 11 is 0. The highest BCUT2D eigenvalue weighted by atomic mass is 31.1. The third kappa shape index (κ3) is 0.981. The van der Waals surface area contributed by atoms with Gasteiger partial charge in [0.15, 0.2) is 0 Å². The molecule has 0 aliphatic heterocycles. The van der Waals surface area contributed by atoms with Crippen LogP contribution in [0.1, 0.15) is 0 Å². The van der Waals surface area contributed by atoms with Crippen molar-refractivity contribution in [2.24, 2.45) is 5.50 Å². The maximum atomic E-state index is 5.24. The molecule has 3 N–H and O–H groups in total. The Kier molecular flexibility index (Phi) is 1.39. The Hall–Kier alpha value is -0.400. The Morgan fingerprint density at radius 2 is 2.71 bits per heavy atom. The highest BCUT2D eigenvalue weighted by molar-refractivity contribution is 7.44. The minimum atomic E-state index is 0.312. The number of rotatable bonds is 1. The first-order valence-electron chi connectivity index (χ1n) is 1.90. The van der Waals surface area contributed by atoms with Crippen LogP contribution in [0.25, 0.3) is 0 Å². The third-order valence-corrected chi connectivity index (χ3v) is 1.22. The van der Waals surface area contributed by atoms with Gasteiger partial charge in [-0.25, -0.2) is 0 Å². The summed E-state index contributed by atoms with van der Waals surface area (Å²) in [5, 5.41) is 6.45. The molecule has 1 aromatic rings. The van der Waals surface area contributed by atoms with Crippen molar-refractivity contribution >= 4 is 14.2 Å². The van der Waals surface area contributed by atoms with Gasteiger partial charge in [-0.2, -0.15) is 5.10 Å². The van der Waals surface area contributed by atoms with E-state index >= 15 is 0 Å². The second-order valence-electron chi connectivity index (χ2n) is 1.10. The summed E-state index contributed by atoms with van der Waals surface area (Å²) in [7, 11) is 0.312. The predicted octanol–water partition coefficient (Wildman–Crippen LogP) is -0.413. The molecule has 0 aliphatic carbocycles. The maximum Gasteiger partial charge on any atom is 0.0963 e. The summed E-state index contributed by atoms with van der Waals surface area (Å²) in [6.07, 6.45) is 1.76. The average Bonchev–Trinajstić information content (AvgIpc) is 2.14. The first kappa shape index (κ1) is 4.75. The Bertz CT molecular complexity index is 125. The van der Waals surface area contributed by atoms with Crippen molar-refractivity contribution in [1.82, 2.24) is 10.2 Å². The van der Waals surface area contributed by atoms with Crippen LogP contribution in [0.15, 0.2) is 12.3 Å². The highest BCUT2D eigenvalue weighted by Crippen LogP contribution is 1.90. The molecule has 0 bridgehead atoms. The van der Waals surface area contributed by atoms with Crippen LogP contribution in [0.4, 0.5) is 0 Å². The fourth-order valence-corrected chi connectivity index (χ4v) is 0.649. The lowest BCUT2D eigenvalue weighted by atomic mass is 10.8. The molecule has 0 amide bonds. The van der Waals surface area contributed by atoms with E-state index in [0.29, 0.717) is 8.73 Å². The summed E-state index contributed by atoms with van der Waals surface area (Å²) in [6, 6.07) is 1.86. The van der Waals surface area contributed by atoms with Crippen molar-refractivity contribution in [3.63, 3.8) is 0 Å². The topological polar surface area (TPSA) is 54.7 Å². The van der Waals surface area contributed by atoms with Gasteiger partial charge in [0, 0.05) is 6.20 Å². The number of nitrogens with zero attached hydrogens (tertiary/aromatic N) is 1. The van der Waals surface area contributed by atoms with E-state index in [1.165, 1.54) is 0 Å². The van der Waals surface area contributed by atoms with Crippen LogP contribution in [-0.4, -0.2) is 10.2 Å². The number of hydrogen-bond acceptors (Lipinski definition) is 2. The number of aromatic amines is 1. The number of nitrogens with two attached hydrogens (primary N) is 1. The Morgan fingerprint density at radius 3 is 3.00 bits per heavy atom. The molecule has 1 aromatic heterocycles. The molecule has 0 spiro atoms. The van der Waals surface area contributed by atoms with E-state index in [4.69, 9.17) is 5.50 Å². The normalized spacial score (nSPS) is 11.0. The number of aromatic nitrogens is 2. The van der Waals surface area contributed by atoms with Crippen LogP contribution in [0.3, 0.4) is 0 Å². The first-order chi connectivity index (χ1) is 3.43. The third-order valence-electron chi connectivity index (χ3n) is 0.649. The molecule has 1 atom stereocenters. The van der Waals surface area contributed by atoms with Gasteiger partial charge < -0.3 is 5.50 Å². The molecule has 1 heterocycles. The number of nitrogens with one attached hydrogen (secondary N) is 1. The summed E-state index contributed by atoms with van der Waals surface area (Å²) in [6.45, 7) is 0. The SMILES string of the molecule is NPc1cc[nH]n1. The fraction of sp³-hybridized carbons (Fsp3) is 0. The molecule has 0 saturated heterocycles. The predicted molar refractivity (Wildman–Crippen MR) is 30.7 cm³/mol. The minimum absolute atomic E-state index is 0.312. The lowest BCUT2D eigenvalue weighted by Crippen LogP contribution is -1.96. The zero-order valence-electron chi connectivity index (χ0n) is 3.68. The molecule has 3 nitrogen and oxygen atoms in total. The molecule has 0 aromatic carbocycles. The Morgan fingerprint density at radius 1 is 1.86 bits per heavy atom. The molecule has 0 fully saturated rings. The van der Waals surface area contributed by atoms with Gasteiger partial charge in [0.1, 0.15) is 0 Å². The van der Waals surface area contributed by atoms with Crippen molar-refractivity contribution in [3.8, 4) is 0 Å². The van der Waals surface area contributed by atoms with Crippen molar-refractivity contribution < 1.29 is 0 Å². The smallest absolute Gasteiger partial charge is 0.0963 e.